The molecule has 208 valence electrons. The zero-order chi connectivity index (χ0) is 28.2. The Morgan fingerprint density at radius 2 is 1.93 bits per heavy atom. The van der Waals surface area contributed by atoms with Gasteiger partial charge in [0.25, 0.3) is 0 Å². The molecule has 1 amide bonds. The second-order valence-corrected chi connectivity index (χ2v) is 10.6. The van der Waals surface area contributed by atoms with Gasteiger partial charge in [0.05, 0.1) is 30.1 Å². The van der Waals surface area contributed by atoms with E-state index in [1.54, 1.807) is 24.2 Å². The van der Waals surface area contributed by atoms with E-state index in [0.29, 0.717) is 48.5 Å². The third-order valence-corrected chi connectivity index (χ3v) is 7.91. The van der Waals surface area contributed by atoms with Gasteiger partial charge in [0.15, 0.2) is 5.82 Å². The molecule has 1 N–H and O–H groups in total. The summed E-state index contributed by atoms with van der Waals surface area (Å²) in [4.78, 5) is 28.8. The number of carbonyl (C=O) groups excluding carboxylic acids is 1. The van der Waals surface area contributed by atoms with Crippen LogP contribution in [0.3, 0.4) is 0 Å². The average Bonchev–Trinajstić information content (AvgIpc) is 2.97. The molecule has 3 heterocycles. The van der Waals surface area contributed by atoms with Crippen LogP contribution in [-0.2, 0) is 11.3 Å². The minimum absolute atomic E-state index is 0.00104. The fraction of sp³-hybridized carbons (Fsp3) is 0.419. The van der Waals surface area contributed by atoms with Crippen LogP contribution in [0.1, 0.15) is 55.7 Å². The topological polar surface area (TPSA) is 97.6 Å². The highest BCUT2D eigenvalue weighted by Gasteiger charge is 2.37. The quantitative estimate of drug-likeness (QED) is 0.424. The molecule has 1 saturated heterocycles. The molecule has 2 aromatic carbocycles. The van der Waals surface area contributed by atoms with Crippen LogP contribution in [0.25, 0.3) is 0 Å². The number of anilines is 4. The molecular formula is C31H37N7O2. The Kier molecular flexibility index (Phi) is 8.17. The lowest BCUT2D eigenvalue weighted by Crippen LogP contribution is -2.52. The summed E-state index contributed by atoms with van der Waals surface area (Å²) in [5.74, 6) is 2.41. The van der Waals surface area contributed by atoms with Crippen LogP contribution < -0.4 is 19.9 Å². The molecule has 9 nitrogen and oxygen atoms in total. The normalized spacial score (nSPS) is 17.9. The van der Waals surface area contributed by atoms with Crippen LogP contribution in [0.4, 0.5) is 23.1 Å². The summed E-state index contributed by atoms with van der Waals surface area (Å²) in [6.45, 7) is 7.19. The van der Waals surface area contributed by atoms with E-state index in [2.05, 4.69) is 46.5 Å². The lowest BCUT2D eigenvalue weighted by atomic mass is 9.89. The molecule has 1 aromatic heterocycles. The number of aromatic nitrogens is 2. The number of amides is 1. The third kappa shape index (κ3) is 5.58. The highest BCUT2D eigenvalue weighted by atomic mass is 16.5. The fourth-order valence-electron chi connectivity index (χ4n) is 5.65. The number of likely N-dealkylation sites (tertiary alicyclic amines) is 1. The predicted octanol–water partition coefficient (Wildman–Crippen LogP) is 5.06. The van der Waals surface area contributed by atoms with Crippen molar-refractivity contribution < 1.29 is 9.53 Å². The smallest absolute Gasteiger partial charge is 0.249 e. The van der Waals surface area contributed by atoms with E-state index in [1.807, 2.05) is 36.9 Å². The van der Waals surface area contributed by atoms with Crippen molar-refractivity contribution >= 4 is 29.0 Å². The van der Waals surface area contributed by atoms with Crippen molar-refractivity contribution in [2.75, 3.05) is 48.9 Å². The first-order chi connectivity index (χ1) is 19.4. The number of piperidine rings is 1. The SMILES string of the molecule is CCOc1cc(C2CCN(C)CC2)ccc1Nc1ncc2c(n1)N(Cc1cccc(C#N)c1)[C@H](CC)C(=O)N2C. The number of likely N-dealkylation sites (N-methyl/N-ethyl adjacent to an activating group) is 1. The van der Waals surface area contributed by atoms with Crippen molar-refractivity contribution in [1.29, 1.82) is 5.26 Å². The van der Waals surface area contributed by atoms with Gasteiger partial charge >= 0.3 is 0 Å². The van der Waals surface area contributed by atoms with E-state index >= 15 is 0 Å². The van der Waals surface area contributed by atoms with Gasteiger partial charge in [-0.2, -0.15) is 10.2 Å². The van der Waals surface area contributed by atoms with Crippen molar-refractivity contribution in [1.82, 2.24) is 14.9 Å². The molecule has 1 atom stereocenters. The molecule has 3 aromatic rings. The van der Waals surface area contributed by atoms with Crippen LogP contribution in [0.15, 0.2) is 48.7 Å². The average molecular weight is 540 g/mol. The number of nitriles is 1. The van der Waals surface area contributed by atoms with Crippen molar-refractivity contribution in [3.63, 3.8) is 0 Å². The van der Waals surface area contributed by atoms with Gasteiger partial charge in [0.1, 0.15) is 17.5 Å². The maximum Gasteiger partial charge on any atom is 0.249 e. The van der Waals surface area contributed by atoms with E-state index < -0.39 is 0 Å². The molecule has 0 radical (unpaired) electrons. The molecule has 0 bridgehead atoms. The van der Waals surface area contributed by atoms with E-state index in [-0.39, 0.29) is 11.9 Å². The first-order valence-corrected chi connectivity index (χ1v) is 14.0. The molecule has 2 aliphatic heterocycles. The lowest BCUT2D eigenvalue weighted by Gasteiger charge is -2.40. The van der Waals surface area contributed by atoms with Crippen molar-refractivity contribution in [3.05, 3.63) is 65.4 Å². The van der Waals surface area contributed by atoms with Gasteiger partial charge in [-0.25, -0.2) is 4.98 Å². The van der Waals surface area contributed by atoms with Crippen LogP contribution in [0.2, 0.25) is 0 Å². The Labute approximate surface area is 236 Å². The Morgan fingerprint density at radius 3 is 2.65 bits per heavy atom. The predicted molar refractivity (Wildman–Crippen MR) is 157 cm³/mol. The van der Waals surface area contributed by atoms with E-state index in [9.17, 15) is 10.1 Å². The van der Waals surface area contributed by atoms with Gasteiger partial charge in [0.2, 0.25) is 11.9 Å². The molecule has 9 heteroatoms. The number of fused-ring (bicyclic) bond motifs is 1. The maximum atomic E-state index is 13.3. The van der Waals surface area contributed by atoms with Crippen LogP contribution in [0, 0.1) is 11.3 Å². The van der Waals surface area contributed by atoms with Crippen molar-refractivity contribution in [3.8, 4) is 11.8 Å². The fourth-order valence-corrected chi connectivity index (χ4v) is 5.65. The maximum absolute atomic E-state index is 13.3. The van der Waals surface area contributed by atoms with Gasteiger partial charge in [0, 0.05) is 13.6 Å². The van der Waals surface area contributed by atoms with E-state index in [4.69, 9.17) is 9.72 Å². The molecule has 0 unspecified atom stereocenters. The molecule has 0 aliphatic carbocycles. The second kappa shape index (κ2) is 11.9. The molecule has 2 aliphatic rings. The Balaban J connectivity index is 1.46. The lowest BCUT2D eigenvalue weighted by molar-refractivity contribution is -0.120. The number of nitrogens with one attached hydrogen (secondary N) is 1. The van der Waals surface area contributed by atoms with Crippen LogP contribution in [-0.4, -0.2) is 60.6 Å². The first-order valence-electron chi connectivity index (χ1n) is 14.0. The number of ether oxygens (including phenoxy) is 1. The zero-order valence-corrected chi connectivity index (χ0v) is 23.7. The Morgan fingerprint density at radius 1 is 1.12 bits per heavy atom. The number of hydrogen-bond acceptors (Lipinski definition) is 8. The van der Waals surface area contributed by atoms with Gasteiger partial charge in [-0.1, -0.05) is 25.1 Å². The number of benzene rings is 2. The summed E-state index contributed by atoms with van der Waals surface area (Å²) in [5.41, 5.74) is 4.28. The Hall–Kier alpha value is -4.16. The van der Waals surface area contributed by atoms with E-state index in [1.165, 1.54) is 5.56 Å². The summed E-state index contributed by atoms with van der Waals surface area (Å²) >= 11 is 0. The van der Waals surface area contributed by atoms with Crippen LogP contribution in [0.5, 0.6) is 5.75 Å². The molecule has 0 saturated carbocycles. The van der Waals surface area contributed by atoms with Gasteiger partial charge in [-0.05, 0) is 87.6 Å². The molecule has 0 spiro atoms. The van der Waals surface area contributed by atoms with Crippen molar-refractivity contribution in [2.45, 2.75) is 51.6 Å². The second-order valence-electron chi connectivity index (χ2n) is 10.6. The van der Waals surface area contributed by atoms with Gasteiger partial charge in [-0.15, -0.1) is 0 Å². The summed E-state index contributed by atoms with van der Waals surface area (Å²) in [7, 11) is 3.94. The monoisotopic (exact) mass is 539 g/mol. The number of hydrogen-bond donors (Lipinski definition) is 1. The summed E-state index contributed by atoms with van der Waals surface area (Å²) in [5, 5.41) is 12.8. The molecule has 40 heavy (non-hydrogen) atoms. The third-order valence-electron chi connectivity index (χ3n) is 7.91. The minimum Gasteiger partial charge on any atom is -0.492 e. The summed E-state index contributed by atoms with van der Waals surface area (Å²) in [6.07, 6.45) is 4.60. The standard InChI is InChI=1S/C31H37N7O2/c1-5-26-30(39)37(4)27-19-33-31(35-29(27)38(26)20-22-9-7-8-21(16-22)18-32)34-25-11-10-24(17-28(25)40-6-2)23-12-14-36(3)15-13-23/h7-11,16-17,19,23,26H,5-6,12-15,20H2,1-4H3,(H,33,34,35)/t26-/m1/s1. The summed E-state index contributed by atoms with van der Waals surface area (Å²) < 4.78 is 6.04. The van der Waals surface area contributed by atoms with Gasteiger partial charge in [-0.3, -0.25) is 4.79 Å². The Bertz CT molecular complexity index is 1410. The number of rotatable bonds is 8. The minimum atomic E-state index is -0.376. The van der Waals surface area contributed by atoms with E-state index in [0.717, 1.165) is 42.9 Å². The molecule has 5 rings (SSSR count). The molecular weight excluding hydrogens is 502 g/mol. The van der Waals surface area contributed by atoms with Crippen molar-refractivity contribution in [2.24, 2.45) is 0 Å². The molecule has 1 fully saturated rings. The van der Waals surface area contributed by atoms with Gasteiger partial charge < -0.3 is 24.8 Å². The first kappa shape index (κ1) is 27.4. The number of carbonyl (C=O) groups is 1. The zero-order valence-electron chi connectivity index (χ0n) is 23.7. The largest absolute Gasteiger partial charge is 0.492 e. The van der Waals surface area contributed by atoms with Crippen LogP contribution >= 0.6 is 0 Å². The number of nitrogens with zero attached hydrogens (tertiary/aromatic N) is 6. The highest BCUT2D eigenvalue weighted by Crippen LogP contribution is 2.38. The summed E-state index contributed by atoms with van der Waals surface area (Å²) in [6, 6.07) is 15.7. The highest BCUT2D eigenvalue weighted by molar-refractivity contribution is 6.04.